The zero-order chi connectivity index (χ0) is 18.8. The number of amides is 2. The summed E-state index contributed by atoms with van der Waals surface area (Å²) in [5.41, 5.74) is 2.17. The van der Waals surface area contributed by atoms with Crippen molar-refractivity contribution in [3.8, 4) is 0 Å². The maximum absolute atomic E-state index is 13.0. The Bertz CT molecular complexity index is 734. The highest BCUT2D eigenvalue weighted by Crippen LogP contribution is 2.61. The molecule has 4 bridgehead atoms. The van der Waals surface area contributed by atoms with Crippen LogP contribution in [0.15, 0.2) is 24.3 Å². The summed E-state index contributed by atoms with van der Waals surface area (Å²) in [6.45, 7) is 4.27. The molecule has 1 aromatic rings. The lowest BCUT2D eigenvalue weighted by Crippen LogP contribution is -2.57. The van der Waals surface area contributed by atoms with E-state index in [1.165, 1.54) is 43.4 Å². The number of nitrogens with one attached hydrogen (secondary N) is 1. The van der Waals surface area contributed by atoms with E-state index in [-0.39, 0.29) is 24.3 Å². The second-order valence-corrected chi connectivity index (χ2v) is 9.83. The molecule has 144 valence electrons. The molecule has 4 nitrogen and oxygen atoms in total. The van der Waals surface area contributed by atoms with Crippen molar-refractivity contribution in [1.82, 2.24) is 5.32 Å². The highest BCUT2D eigenvalue weighted by atomic mass is 16.2. The number of rotatable bonds is 4. The number of carbonyl (C=O) groups is 2. The summed E-state index contributed by atoms with van der Waals surface area (Å²) in [7, 11) is 0. The van der Waals surface area contributed by atoms with E-state index in [9.17, 15) is 9.59 Å². The van der Waals surface area contributed by atoms with Crippen LogP contribution in [0.3, 0.4) is 0 Å². The molecule has 2 amide bonds. The number of imide groups is 1. The fourth-order valence-corrected chi connectivity index (χ4v) is 6.91. The Hall–Kier alpha value is -1.68. The van der Waals surface area contributed by atoms with Crippen LogP contribution in [0.1, 0.15) is 57.4 Å². The molecule has 0 aromatic heterocycles. The van der Waals surface area contributed by atoms with Crippen molar-refractivity contribution in [2.75, 3.05) is 4.90 Å². The van der Waals surface area contributed by atoms with E-state index in [4.69, 9.17) is 0 Å². The molecule has 0 spiro atoms. The zero-order valence-electron chi connectivity index (χ0n) is 16.4. The van der Waals surface area contributed by atoms with Crippen LogP contribution in [-0.4, -0.2) is 23.9 Å². The van der Waals surface area contributed by atoms with Crippen molar-refractivity contribution >= 4 is 17.5 Å². The molecule has 4 heteroatoms. The van der Waals surface area contributed by atoms with Gasteiger partial charge in [0.25, 0.3) is 5.91 Å². The Balaban J connectivity index is 1.32. The SMILES string of the molecule is Cc1ccc(N2C(=O)C[C@H](N[C@H](C)C34CC5CC(CC(C5)C3)C4)C2=O)cc1. The Morgan fingerprint density at radius 3 is 2.11 bits per heavy atom. The third-order valence-corrected chi connectivity index (χ3v) is 7.89. The van der Waals surface area contributed by atoms with Crippen molar-refractivity contribution in [2.45, 2.75) is 70.9 Å². The van der Waals surface area contributed by atoms with E-state index >= 15 is 0 Å². The molecule has 1 aliphatic heterocycles. The quantitative estimate of drug-likeness (QED) is 0.824. The first-order valence-corrected chi connectivity index (χ1v) is 10.6. The van der Waals surface area contributed by atoms with Gasteiger partial charge in [-0.1, -0.05) is 17.7 Å². The van der Waals surface area contributed by atoms with Crippen molar-refractivity contribution < 1.29 is 9.59 Å². The van der Waals surface area contributed by atoms with Crippen LogP contribution in [0.4, 0.5) is 5.69 Å². The van der Waals surface area contributed by atoms with E-state index in [0.29, 0.717) is 17.1 Å². The minimum Gasteiger partial charge on any atom is -0.302 e. The Labute approximate surface area is 161 Å². The van der Waals surface area contributed by atoms with Crippen LogP contribution < -0.4 is 10.2 Å². The molecule has 4 aliphatic carbocycles. The van der Waals surface area contributed by atoms with Crippen molar-refractivity contribution in [3.63, 3.8) is 0 Å². The lowest BCUT2D eigenvalue weighted by Gasteiger charge is -2.59. The van der Waals surface area contributed by atoms with Crippen LogP contribution in [0.5, 0.6) is 0 Å². The molecule has 1 N–H and O–H groups in total. The summed E-state index contributed by atoms with van der Waals surface area (Å²) < 4.78 is 0. The first kappa shape index (κ1) is 17.4. The van der Waals surface area contributed by atoms with E-state index < -0.39 is 0 Å². The second kappa shape index (κ2) is 6.16. The molecule has 27 heavy (non-hydrogen) atoms. The smallest absolute Gasteiger partial charge is 0.251 e. The predicted octanol–water partition coefficient (Wildman–Crippen LogP) is 3.82. The molecule has 0 radical (unpaired) electrons. The van der Waals surface area contributed by atoms with Crippen LogP contribution in [-0.2, 0) is 9.59 Å². The van der Waals surface area contributed by atoms with Crippen LogP contribution >= 0.6 is 0 Å². The van der Waals surface area contributed by atoms with Crippen LogP contribution in [0.2, 0.25) is 0 Å². The van der Waals surface area contributed by atoms with Gasteiger partial charge in [-0.05, 0) is 87.7 Å². The van der Waals surface area contributed by atoms with Gasteiger partial charge in [0, 0.05) is 6.04 Å². The molecule has 0 unspecified atom stereocenters. The summed E-state index contributed by atoms with van der Waals surface area (Å²) >= 11 is 0. The minimum atomic E-state index is -0.373. The second-order valence-electron chi connectivity index (χ2n) is 9.83. The molecule has 1 heterocycles. The molecular weight excluding hydrogens is 336 g/mol. The molecule has 6 rings (SSSR count). The molecule has 5 fully saturated rings. The molecule has 1 saturated heterocycles. The van der Waals surface area contributed by atoms with Gasteiger partial charge in [0.05, 0.1) is 18.2 Å². The van der Waals surface area contributed by atoms with Gasteiger partial charge in [-0.3, -0.25) is 9.59 Å². The highest BCUT2D eigenvalue weighted by Gasteiger charge is 2.54. The lowest BCUT2D eigenvalue weighted by molar-refractivity contribution is -0.122. The van der Waals surface area contributed by atoms with Gasteiger partial charge in [-0.25, -0.2) is 4.90 Å². The van der Waals surface area contributed by atoms with Gasteiger partial charge in [0.1, 0.15) is 0 Å². The average Bonchev–Trinajstić information content (AvgIpc) is 2.88. The lowest BCUT2D eigenvalue weighted by atomic mass is 9.48. The molecular formula is C23H30N2O2. The first-order valence-electron chi connectivity index (χ1n) is 10.6. The Morgan fingerprint density at radius 2 is 1.56 bits per heavy atom. The highest BCUT2D eigenvalue weighted by molar-refractivity contribution is 6.22. The topological polar surface area (TPSA) is 49.4 Å². The number of hydrogen-bond donors (Lipinski definition) is 1. The minimum absolute atomic E-state index is 0.0829. The Morgan fingerprint density at radius 1 is 1.00 bits per heavy atom. The normalized spacial score (nSPS) is 38.7. The van der Waals surface area contributed by atoms with Crippen LogP contribution in [0.25, 0.3) is 0 Å². The van der Waals surface area contributed by atoms with Gasteiger partial charge >= 0.3 is 0 Å². The molecule has 2 atom stereocenters. The third-order valence-electron chi connectivity index (χ3n) is 7.89. The molecule has 5 aliphatic rings. The first-order chi connectivity index (χ1) is 12.9. The number of benzene rings is 1. The fraction of sp³-hybridized carbons (Fsp3) is 0.652. The van der Waals surface area contributed by atoms with Gasteiger partial charge in [-0.15, -0.1) is 0 Å². The summed E-state index contributed by atoms with van der Waals surface area (Å²) in [5, 5.41) is 3.62. The third kappa shape index (κ3) is 2.84. The fourth-order valence-electron chi connectivity index (χ4n) is 6.91. The summed E-state index contributed by atoms with van der Waals surface area (Å²) in [6.07, 6.45) is 8.48. The van der Waals surface area contributed by atoms with E-state index in [1.54, 1.807) is 0 Å². The summed E-state index contributed by atoms with van der Waals surface area (Å²) in [6, 6.07) is 7.57. The van der Waals surface area contributed by atoms with Crippen molar-refractivity contribution in [3.05, 3.63) is 29.8 Å². The summed E-state index contributed by atoms with van der Waals surface area (Å²) in [4.78, 5) is 27.0. The van der Waals surface area contributed by atoms with Crippen molar-refractivity contribution in [2.24, 2.45) is 23.2 Å². The van der Waals surface area contributed by atoms with Gasteiger partial charge in [0.2, 0.25) is 5.91 Å². The number of aryl methyl sites for hydroxylation is 1. The van der Waals surface area contributed by atoms with Gasteiger partial charge in [0.15, 0.2) is 0 Å². The standard InChI is InChI=1S/C23H30N2O2/c1-14-3-5-19(6-4-14)25-21(26)10-20(22(25)27)24-15(2)23-11-16-7-17(12-23)9-18(8-16)13-23/h3-6,15-18,20,24H,7-13H2,1-2H3/t15-,16?,17?,18?,20+,23?/m1/s1. The number of carbonyl (C=O) groups excluding carboxylic acids is 2. The number of nitrogens with zero attached hydrogens (tertiary/aromatic N) is 1. The van der Waals surface area contributed by atoms with Crippen molar-refractivity contribution in [1.29, 1.82) is 0 Å². The van der Waals surface area contributed by atoms with Gasteiger partial charge < -0.3 is 5.32 Å². The maximum atomic E-state index is 13.0. The monoisotopic (exact) mass is 366 g/mol. The number of hydrogen-bond acceptors (Lipinski definition) is 3. The van der Waals surface area contributed by atoms with Crippen LogP contribution in [0, 0.1) is 30.1 Å². The Kier molecular flexibility index (Phi) is 3.98. The largest absolute Gasteiger partial charge is 0.302 e. The average molecular weight is 367 g/mol. The van der Waals surface area contributed by atoms with E-state index in [1.807, 2.05) is 31.2 Å². The maximum Gasteiger partial charge on any atom is 0.251 e. The van der Waals surface area contributed by atoms with Gasteiger partial charge in [-0.2, -0.15) is 0 Å². The van der Waals surface area contributed by atoms with E-state index in [2.05, 4.69) is 12.2 Å². The van der Waals surface area contributed by atoms with E-state index in [0.717, 1.165) is 23.3 Å². The predicted molar refractivity (Wildman–Crippen MR) is 105 cm³/mol. The molecule has 4 saturated carbocycles. The summed E-state index contributed by atoms with van der Waals surface area (Å²) in [5.74, 6) is 2.51. The molecule has 1 aromatic carbocycles. The zero-order valence-corrected chi connectivity index (χ0v) is 16.4. The number of anilines is 1.